The molecule has 1 unspecified atom stereocenters. The highest BCUT2D eigenvalue weighted by Gasteiger charge is 2.44. The van der Waals surface area contributed by atoms with Crippen LogP contribution in [0.25, 0.3) is 0 Å². The van der Waals surface area contributed by atoms with Crippen LogP contribution in [0, 0.1) is 42.4 Å². The van der Waals surface area contributed by atoms with Gasteiger partial charge < -0.3 is 19.6 Å². The fourth-order valence-electron chi connectivity index (χ4n) is 24.6. The molecule has 140 heavy (non-hydrogen) atoms. The van der Waals surface area contributed by atoms with Gasteiger partial charge in [0.2, 0.25) is 23.6 Å². The Morgan fingerprint density at radius 3 is 1.04 bits per heavy atom. The van der Waals surface area contributed by atoms with Crippen LogP contribution in [0.3, 0.4) is 0 Å². The number of allylic oxidation sites excluding steroid dienone is 3. The van der Waals surface area contributed by atoms with Gasteiger partial charge in [-0.15, -0.1) is 0 Å². The van der Waals surface area contributed by atoms with E-state index in [1.165, 1.54) is 106 Å². The number of aromatic nitrogens is 4. The van der Waals surface area contributed by atoms with E-state index >= 15 is 0 Å². The van der Waals surface area contributed by atoms with Gasteiger partial charge in [0.15, 0.2) is 5.78 Å². The third kappa shape index (κ3) is 24.4. The van der Waals surface area contributed by atoms with Gasteiger partial charge in [-0.1, -0.05) is 176 Å². The van der Waals surface area contributed by atoms with Crippen molar-refractivity contribution in [2.75, 3.05) is 72.0 Å². The predicted octanol–water partition coefficient (Wildman–Crippen LogP) is 29.5. The number of benzene rings is 5. The summed E-state index contributed by atoms with van der Waals surface area (Å²) in [5.74, 6) is 3.74. The average Bonchev–Trinajstić information content (AvgIpc) is 1.55. The smallest absolute Gasteiger partial charge is 0.246 e. The number of piperidine rings is 5. The predicted molar refractivity (Wildman–Crippen MR) is 592 cm³/mol. The molecule has 0 radical (unpaired) electrons. The van der Waals surface area contributed by atoms with E-state index < -0.39 is 0 Å². The van der Waals surface area contributed by atoms with Gasteiger partial charge in [-0.05, 0) is 419 Å². The molecule has 0 spiro atoms. The number of carbonyl (C=O) groups excluding carboxylic acids is 5. The third-order valence-corrected chi connectivity index (χ3v) is 37.2. The Labute approximate surface area is 912 Å². The van der Waals surface area contributed by atoms with Gasteiger partial charge in [0.05, 0.1) is 29.3 Å². The number of amides is 4. The zero-order chi connectivity index (χ0) is 98.0. The number of pyridine rings is 4. The highest BCUT2D eigenvalue weighted by Crippen LogP contribution is 2.53. The number of aryl methyl sites for hydroxylation is 9. The van der Waals surface area contributed by atoms with Crippen LogP contribution in [-0.4, -0.2) is 146 Å². The standard InChI is InChI=1S/C31H29Br2ClN2O2.C28H31Br2ClN2O.C28H29Br2ClN2O.C27H30Br2ClN3O/c1-17-2-5-25-21(10-17)11-22(31(25)38)14-27(37)36-8-6-18(7-9-36)29-28-19(13-24(34)15-26(28)33)3-4-20-12-23(32)16-35-30(20)29;2*1-17-2-4-18(5-3-17)12-25(34)33-10-8-19(9-11-33)27-26-20(14-23(31)15-24(26)30)6-7-21-13-22(29)16-32-28(21)27;1-17-4-8-32(9-5-17)16-24(34)33-10-6-18(7-11-33)26-25-19(13-22(30)14-23(25)29)2-3-20-12-21(28)15-31-27(20)26/h2,5,10,12-13,15-16,18,22,29H,3-4,6-9,11,14H2,1H3;13-16,18-19,27H,1-12H2;12-16,19,27H,1-11H2;12-15,18,26H,1-11,16H2/t22?,29-;2*27-;26-/m1111/s1. The van der Waals surface area contributed by atoms with Crippen LogP contribution in [-0.2, 0) is 77.0 Å². The van der Waals surface area contributed by atoms with Crippen molar-refractivity contribution in [3.8, 4) is 0 Å². The maximum absolute atomic E-state index is 13.3. The summed E-state index contributed by atoms with van der Waals surface area (Å²) in [6.45, 7) is 23.1. The summed E-state index contributed by atoms with van der Waals surface area (Å²) in [6.07, 6.45) is 37.0. The number of fused-ring (bicyclic) bond motifs is 9. The fraction of sp³-hybridized carbons (Fsp3) is 0.447. The van der Waals surface area contributed by atoms with Crippen LogP contribution in [0.15, 0.2) is 200 Å². The molecule has 4 aromatic heterocycles. The van der Waals surface area contributed by atoms with Crippen molar-refractivity contribution < 1.29 is 24.0 Å². The SMILES string of the molecule is C=C1CCC(=CC(=O)N2CCC([C@H]3c4ncc(Br)cc4CCc4cc(Cl)cc(Br)c43)CC2)CC1.C=C1CCC(CC(=O)N2CCC([C@H]3c4ncc(Br)cc4CCc4cc(Cl)cc(Br)c43)CC2)CC1.C=C1CCN(CC(=O)N2CCC([C@H]3c4ncc(Br)cc4CCc4cc(Cl)cc(Br)c43)CC2)CC1.Cc1ccc2c(c1)CC(CC(=O)N1CCC([C@H]3c4ncc(Br)cc4CCc4cc(Cl)cc(Br)c43)CC1)C2=O. The monoisotopic (exact) mass is 2470 g/mol. The quantitative estimate of drug-likeness (QED) is 0.0903. The summed E-state index contributed by atoms with van der Waals surface area (Å²) in [5.41, 5.74) is 28.7. The molecular weight excluding hydrogens is 2360 g/mol. The maximum atomic E-state index is 13.3. The van der Waals surface area contributed by atoms with Gasteiger partial charge in [0, 0.05) is 200 Å². The number of halogens is 12. The van der Waals surface area contributed by atoms with E-state index in [1.54, 1.807) is 0 Å². The molecule has 12 aliphatic rings. The molecule has 5 saturated heterocycles. The van der Waals surface area contributed by atoms with Crippen molar-refractivity contribution in [1.82, 2.24) is 44.4 Å². The molecule has 0 N–H and O–H groups in total. The van der Waals surface area contributed by atoms with Crippen molar-refractivity contribution in [2.24, 2.45) is 35.5 Å². The lowest BCUT2D eigenvalue weighted by Gasteiger charge is -2.38. The van der Waals surface area contributed by atoms with E-state index in [-0.39, 0.29) is 53.1 Å². The van der Waals surface area contributed by atoms with Crippen molar-refractivity contribution in [2.45, 2.75) is 217 Å². The highest BCUT2D eigenvalue weighted by atomic mass is 79.9. The normalized spacial score (nSPS) is 21.4. The molecule has 7 aliphatic carbocycles. The topological polar surface area (TPSA) is 153 Å². The van der Waals surface area contributed by atoms with Crippen molar-refractivity contribution in [3.05, 3.63) is 326 Å². The first-order valence-electron chi connectivity index (χ1n) is 50.1. The molecule has 5 aliphatic heterocycles. The summed E-state index contributed by atoms with van der Waals surface area (Å²) < 4.78 is 8.33. The van der Waals surface area contributed by atoms with Crippen molar-refractivity contribution in [1.29, 1.82) is 0 Å². The molecule has 21 rings (SSSR count). The van der Waals surface area contributed by atoms with E-state index in [2.05, 4.69) is 216 Å². The molecule has 26 heteroatoms. The second kappa shape index (κ2) is 46.7. The summed E-state index contributed by atoms with van der Waals surface area (Å²) in [5, 5.41) is 3.06. The Hall–Kier alpha value is -5.83. The van der Waals surface area contributed by atoms with E-state index in [0.717, 1.165) is 298 Å². The first-order valence-corrected chi connectivity index (χ1v) is 58.0. The first-order chi connectivity index (χ1) is 67.4. The zero-order valence-corrected chi connectivity index (χ0v) is 95.0. The molecule has 9 heterocycles. The summed E-state index contributed by atoms with van der Waals surface area (Å²) in [4.78, 5) is 95.6. The van der Waals surface area contributed by atoms with Crippen LogP contribution in [0.1, 0.15) is 263 Å². The second-order valence-corrected chi connectivity index (χ2v) is 49.8. The number of Topliss-reactive ketones (excluding diaryl/α,β-unsaturated/α-hetero) is 1. The number of rotatable bonds is 11. The average molecular weight is 2480 g/mol. The molecule has 734 valence electrons. The maximum Gasteiger partial charge on any atom is 0.246 e. The Kier molecular flexibility index (Phi) is 34.7. The molecule has 14 nitrogen and oxygen atoms in total. The largest absolute Gasteiger partial charge is 0.343 e. The number of hydrogen-bond acceptors (Lipinski definition) is 10. The van der Waals surface area contributed by atoms with Gasteiger partial charge in [0.1, 0.15) is 0 Å². The van der Waals surface area contributed by atoms with Crippen LogP contribution in [0.5, 0.6) is 0 Å². The lowest BCUT2D eigenvalue weighted by atomic mass is 9.76. The molecular formula is C114H119Br8Cl4N9O5. The van der Waals surface area contributed by atoms with E-state index in [9.17, 15) is 24.0 Å². The molecule has 9 aromatic rings. The lowest BCUT2D eigenvalue weighted by molar-refractivity contribution is -0.134. The molecule has 4 amide bonds. The van der Waals surface area contributed by atoms with Crippen LogP contribution >= 0.6 is 174 Å². The van der Waals surface area contributed by atoms with Gasteiger partial charge >= 0.3 is 0 Å². The number of carbonyl (C=O) groups is 5. The van der Waals surface area contributed by atoms with Crippen molar-refractivity contribution >= 4 is 203 Å². The Bertz CT molecular complexity index is 6130. The van der Waals surface area contributed by atoms with Gasteiger partial charge in [-0.2, -0.15) is 0 Å². The third-order valence-electron chi connectivity index (χ3n) is 32.0. The number of ketones is 1. The van der Waals surface area contributed by atoms with Crippen LogP contribution in [0.2, 0.25) is 20.1 Å². The molecule has 7 fully saturated rings. The summed E-state index contributed by atoms with van der Waals surface area (Å²) in [7, 11) is 0. The van der Waals surface area contributed by atoms with Gasteiger partial charge in [-0.3, -0.25) is 48.8 Å². The highest BCUT2D eigenvalue weighted by molar-refractivity contribution is 9.11. The molecule has 5 aromatic carbocycles. The minimum absolute atomic E-state index is 0.100. The fourth-order valence-corrected chi connectivity index (χ4v) is 30.6. The molecule has 2 saturated carbocycles. The van der Waals surface area contributed by atoms with Crippen LogP contribution < -0.4 is 0 Å². The Morgan fingerprint density at radius 1 is 0.357 bits per heavy atom. The zero-order valence-electron chi connectivity index (χ0n) is 79.3. The molecule has 5 atom stereocenters. The number of likely N-dealkylation sites (tertiary alicyclic amines) is 5. The molecule has 0 bridgehead atoms. The van der Waals surface area contributed by atoms with Gasteiger partial charge in [0.25, 0.3) is 0 Å². The van der Waals surface area contributed by atoms with Gasteiger partial charge in [-0.25, -0.2) is 0 Å². The van der Waals surface area contributed by atoms with Crippen LogP contribution in [0.4, 0.5) is 0 Å². The van der Waals surface area contributed by atoms with E-state index in [0.29, 0.717) is 74.4 Å². The Balaban J connectivity index is 0.000000124. The minimum atomic E-state index is -0.235. The summed E-state index contributed by atoms with van der Waals surface area (Å²) in [6, 6.07) is 31.4. The Morgan fingerprint density at radius 2 is 0.679 bits per heavy atom. The lowest BCUT2D eigenvalue weighted by Crippen LogP contribution is -2.46. The summed E-state index contributed by atoms with van der Waals surface area (Å²) >= 11 is 55.6. The van der Waals surface area contributed by atoms with E-state index in [1.807, 2.05) is 84.0 Å². The minimum Gasteiger partial charge on any atom is -0.343 e. The first kappa shape index (κ1) is 104. The second-order valence-electron chi connectivity index (χ2n) is 41.0. The number of hydrogen-bond donors (Lipinski definition) is 0. The van der Waals surface area contributed by atoms with E-state index in [4.69, 9.17) is 66.3 Å². The van der Waals surface area contributed by atoms with Crippen molar-refractivity contribution in [3.63, 3.8) is 0 Å². The number of nitrogens with zero attached hydrogens (tertiary/aromatic N) is 9.